The molecule has 3 aliphatic carbocycles. The average molecular weight is 833 g/mol. The number of ether oxygens (including phenoxy) is 2. The number of aliphatic carboxylic acids is 2. The van der Waals surface area contributed by atoms with Crippen molar-refractivity contribution in [1.82, 2.24) is 0 Å². The maximum absolute atomic E-state index is 11.9. The quantitative estimate of drug-likeness (QED) is 0.0859. The molecule has 0 spiro atoms. The second-order valence-corrected chi connectivity index (χ2v) is 17.6. The van der Waals surface area contributed by atoms with E-state index >= 15 is 0 Å². The Morgan fingerprint density at radius 2 is 1.25 bits per heavy atom. The average Bonchev–Trinajstić information content (AvgIpc) is 3.19. The number of aromatic hydroxyl groups is 3. The van der Waals surface area contributed by atoms with Crippen molar-refractivity contribution in [3.63, 3.8) is 0 Å². The third kappa shape index (κ3) is 9.98. The SMILES string of the molecule is CC1=CC(C(c2cc(C)c(O)cc2C)C2C=C(CC3C=C(C(c4cc(C)c(O)cc4C)c4cc(C)c(O)cc4C)C(OCC(=O)O)=CC3)C=CC2OCC(=O)O)C(C)CC1O. The van der Waals surface area contributed by atoms with Crippen molar-refractivity contribution in [2.24, 2.45) is 23.7 Å². The number of allylic oxidation sites excluding steroid dienone is 6. The molecule has 0 aromatic heterocycles. The van der Waals surface area contributed by atoms with Gasteiger partial charge in [-0.25, -0.2) is 9.59 Å². The predicted octanol–water partition coefficient (Wildman–Crippen LogP) is 9.44. The van der Waals surface area contributed by atoms with Crippen molar-refractivity contribution in [3.05, 3.63) is 145 Å². The summed E-state index contributed by atoms with van der Waals surface area (Å²) in [6, 6.07) is 11.2. The van der Waals surface area contributed by atoms with E-state index in [1.165, 1.54) is 0 Å². The van der Waals surface area contributed by atoms with Crippen LogP contribution in [0.25, 0.3) is 0 Å². The Labute approximate surface area is 358 Å². The number of carbonyl (C=O) groups is 2. The molecule has 7 unspecified atom stereocenters. The first-order valence-corrected chi connectivity index (χ1v) is 21.1. The molecule has 10 nitrogen and oxygen atoms in total. The van der Waals surface area contributed by atoms with Gasteiger partial charge in [0.2, 0.25) is 0 Å². The fraction of sp³-hybridized carbons (Fsp3) is 0.412. The molecule has 3 aromatic carbocycles. The number of benzene rings is 3. The van der Waals surface area contributed by atoms with Crippen LogP contribution in [0, 0.1) is 65.2 Å². The van der Waals surface area contributed by atoms with Crippen LogP contribution in [0.5, 0.6) is 17.2 Å². The predicted molar refractivity (Wildman–Crippen MR) is 235 cm³/mol. The summed E-state index contributed by atoms with van der Waals surface area (Å²) < 4.78 is 12.2. The molecule has 0 fully saturated rings. The Kier molecular flexibility index (Phi) is 13.7. The summed E-state index contributed by atoms with van der Waals surface area (Å²) in [5.41, 5.74) is 10.2. The van der Waals surface area contributed by atoms with Gasteiger partial charge in [-0.2, -0.15) is 0 Å². The molecule has 0 aliphatic heterocycles. The first-order chi connectivity index (χ1) is 28.8. The molecule has 6 rings (SSSR count). The molecule has 0 bridgehead atoms. The largest absolute Gasteiger partial charge is 0.508 e. The topological polar surface area (TPSA) is 174 Å². The van der Waals surface area contributed by atoms with Crippen molar-refractivity contribution in [2.75, 3.05) is 13.2 Å². The molecular weight excluding hydrogens is 773 g/mol. The number of hydrogen-bond donors (Lipinski definition) is 6. The van der Waals surface area contributed by atoms with Gasteiger partial charge < -0.3 is 40.1 Å². The van der Waals surface area contributed by atoms with Crippen LogP contribution in [-0.2, 0) is 19.1 Å². The summed E-state index contributed by atoms with van der Waals surface area (Å²) in [4.78, 5) is 23.8. The zero-order chi connectivity index (χ0) is 44.4. The van der Waals surface area contributed by atoms with E-state index in [0.717, 1.165) is 55.7 Å². The van der Waals surface area contributed by atoms with Gasteiger partial charge in [0.05, 0.1) is 12.2 Å². The number of carboxylic acids is 2. The monoisotopic (exact) mass is 832 g/mol. The minimum atomic E-state index is -1.10. The van der Waals surface area contributed by atoms with E-state index in [1.54, 1.807) is 18.2 Å². The molecule has 0 radical (unpaired) electrons. The molecule has 10 heteroatoms. The minimum absolute atomic E-state index is 0.0382. The van der Waals surface area contributed by atoms with Crippen LogP contribution in [0.15, 0.2) is 95.3 Å². The number of phenolic OH excluding ortho intramolecular Hbond substituents is 3. The standard InChI is InChI=1S/C51H60O10/c1-26-17-42(52)30(5)13-36(26)50(37-14-31(6)43(53)18-27(37)2)40-22-34(9-11-46(40)60-24-48(56)57)21-35-10-12-47(61-25-49(58)59)41(23-35)51(38-15-32(7)44(54)19-28(38)3)39-16-33(8)45(55)20-29(39)4/h9,11-17,19-20,22-23,27,35,37,40,43,46,50-55H,10,18,21,24-25H2,1-8H3,(H,56,57)(H,58,59). The van der Waals surface area contributed by atoms with E-state index in [1.807, 2.05) is 84.9 Å². The minimum Gasteiger partial charge on any atom is -0.508 e. The van der Waals surface area contributed by atoms with Crippen molar-refractivity contribution < 1.29 is 49.7 Å². The first-order valence-electron chi connectivity index (χ1n) is 21.1. The van der Waals surface area contributed by atoms with Crippen LogP contribution in [0.3, 0.4) is 0 Å². The zero-order valence-electron chi connectivity index (χ0n) is 36.4. The Morgan fingerprint density at radius 3 is 1.80 bits per heavy atom. The van der Waals surface area contributed by atoms with E-state index in [0.29, 0.717) is 36.1 Å². The van der Waals surface area contributed by atoms with E-state index in [-0.39, 0.29) is 46.8 Å². The Balaban J connectivity index is 1.49. The number of carboxylic acid groups (broad SMARTS) is 2. The lowest BCUT2D eigenvalue weighted by Gasteiger charge is -2.42. The summed E-state index contributed by atoms with van der Waals surface area (Å²) >= 11 is 0. The number of aryl methyl sites for hydroxylation is 6. The highest BCUT2D eigenvalue weighted by molar-refractivity contribution is 5.69. The summed E-state index contributed by atoms with van der Waals surface area (Å²) in [5.74, 6) is -2.16. The summed E-state index contributed by atoms with van der Waals surface area (Å²) in [7, 11) is 0. The fourth-order valence-electron chi connectivity index (χ4n) is 9.62. The lowest BCUT2D eigenvalue weighted by molar-refractivity contribution is -0.144. The van der Waals surface area contributed by atoms with Crippen LogP contribution >= 0.6 is 0 Å². The lowest BCUT2D eigenvalue weighted by atomic mass is 9.64. The number of aliphatic hydroxyl groups is 1. The molecule has 0 amide bonds. The number of aliphatic hydroxyl groups excluding tert-OH is 1. The zero-order valence-corrected chi connectivity index (χ0v) is 36.4. The lowest BCUT2D eigenvalue weighted by Crippen LogP contribution is -2.37. The van der Waals surface area contributed by atoms with Gasteiger partial charge in [-0.3, -0.25) is 0 Å². The van der Waals surface area contributed by atoms with E-state index in [4.69, 9.17) is 9.47 Å². The van der Waals surface area contributed by atoms with Crippen LogP contribution in [-0.4, -0.2) is 68.0 Å². The summed E-state index contributed by atoms with van der Waals surface area (Å²) in [5, 5.41) is 62.4. The van der Waals surface area contributed by atoms with Crippen molar-refractivity contribution in [2.45, 2.75) is 98.7 Å². The van der Waals surface area contributed by atoms with Gasteiger partial charge in [-0.05, 0) is 171 Å². The second-order valence-electron chi connectivity index (χ2n) is 17.6. The maximum Gasteiger partial charge on any atom is 0.341 e. The van der Waals surface area contributed by atoms with E-state index in [2.05, 4.69) is 25.2 Å². The Bertz CT molecular complexity index is 2290. The Morgan fingerprint density at radius 1 is 0.705 bits per heavy atom. The summed E-state index contributed by atoms with van der Waals surface area (Å²) in [6.45, 7) is 14.5. The number of rotatable bonds is 14. The molecule has 0 saturated heterocycles. The molecule has 0 heterocycles. The van der Waals surface area contributed by atoms with E-state index < -0.39 is 43.3 Å². The van der Waals surface area contributed by atoms with Gasteiger partial charge in [-0.1, -0.05) is 61.1 Å². The normalized spacial score (nSPS) is 23.2. The van der Waals surface area contributed by atoms with Crippen LogP contribution in [0.2, 0.25) is 0 Å². The van der Waals surface area contributed by atoms with Gasteiger partial charge in [-0.15, -0.1) is 0 Å². The highest BCUT2D eigenvalue weighted by Gasteiger charge is 2.41. The first kappa shape index (κ1) is 45.0. The van der Waals surface area contributed by atoms with Gasteiger partial charge >= 0.3 is 11.9 Å². The maximum atomic E-state index is 11.9. The number of phenols is 3. The van der Waals surface area contributed by atoms with Crippen molar-refractivity contribution >= 4 is 11.9 Å². The summed E-state index contributed by atoms with van der Waals surface area (Å²) in [6.07, 6.45) is 13.1. The van der Waals surface area contributed by atoms with Crippen molar-refractivity contribution in [1.29, 1.82) is 0 Å². The van der Waals surface area contributed by atoms with Crippen LogP contribution in [0.4, 0.5) is 0 Å². The molecular formula is C51H60O10. The van der Waals surface area contributed by atoms with Gasteiger partial charge in [0, 0.05) is 17.4 Å². The molecule has 7 atom stereocenters. The van der Waals surface area contributed by atoms with Crippen LogP contribution < -0.4 is 0 Å². The number of hydrogen-bond acceptors (Lipinski definition) is 8. The third-order valence-electron chi connectivity index (χ3n) is 12.9. The Hall–Kier alpha value is -5.58. The highest BCUT2D eigenvalue weighted by atomic mass is 16.5. The van der Waals surface area contributed by atoms with Crippen LogP contribution in [0.1, 0.15) is 95.0 Å². The van der Waals surface area contributed by atoms with Gasteiger partial charge in [0.15, 0.2) is 6.61 Å². The molecule has 324 valence electrons. The fourth-order valence-corrected chi connectivity index (χ4v) is 9.62. The molecule has 3 aromatic rings. The smallest absolute Gasteiger partial charge is 0.341 e. The third-order valence-corrected chi connectivity index (χ3v) is 12.9. The molecule has 6 N–H and O–H groups in total. The molecule has 61 heavy (non-hydrogen) atoms. The molecule has 0 saturated carbocycles. The van der Waals surface area contributed by atoms with Gasteiger partial charge in [0.25, 0.3) is 0 Å². The second kappa shape index (κ2) is 18.6. The molecule has 3 aliphatic rings. The highest BCUT2D eigenvalue weighted by Crippen LogP contribution is 2.49. The van der Waals surface area contributed by atoms with Gasteiger partial charge in [0.1, 0.15) is 29.6 Å². The van der Waals surface area contributed by atoms with E-state index in [9.17, 15) is 40.2 Å². The van der Waals surface area contributed by atoms with Crippen molar-refractivity contribution in [3.8, 4) is 17.2 Å².